The summed E-state index contributed by atoms with van der Waals surface area (Å²) < 4.78 is 4.68. The minimum absolute atomic E-state index is 0.215. The molecule has 1 fully saturated rings. The number of rotatable bonds is 2. The molecule has 0 heterocycles. The van der Waals surface area contributed by atoms with Crippen LogP contribution >= 0.6 is 0 Å². The summed E-state index contributed by atoms with van der Waals surface area (Å²) in [5.41, 5.74) is 1.15. The number of hydrogen-bond donors (Lipinski definition) is 0. The van der Waals surface area contributed by atoms with E-state index in [1.165, 1.54) is 0 Å². The van der Waals surface area contributed by atoms with Gasteiger partial charge in [0, 0.05) is 0 Å². The second-order valence-electron chi connectivity index (χ2n) is 2.31. The Kier molecular flexibility index (Phi) is 2.27. The van der Waals surface area contributed by atoms with Gasteiger partial charge in [-0.15, -0.1) is 0 Å². The SMILES string of the molecule is CCOC(=O)C(C#N)=C1CC1. The topological polar surface area (TPSA) is 50.1 Å². The number of ether oxygens (including phenoxy) is 1. The van der Waals surface area contributed by atoms with Crippen LogP contribution in [0.3, 0.4) is 0 Å². The van der Waals surface area contributed by atoms with Crippen LogP contribution in [0, 0.1) is 11.3 Å². The van der Waals surface area contributed by atoms with Crippen molar-refractivity contribution in [3.63, 3.8) is 0 Å². The fraction of sp³-hybridized carbons (Fsp3) is 0.500. The van der Waals surface area contributed by atoms with E-state index in [4.69, 9.17) is 5.26 Å². The third-order valence-electron chi connectivity index (χ3n) is 1.44. The molecular formula is C8H9NO2. The van der Waals surface area contributed by atoms with Gasteiger partial charge in [0.25, 0.3) is 0 Å². The lowest BCUT2D eigenvalue weighted by molar-refractivity contribution is -0.138. The highest BCUT2D eigenvalue weighted by molar-refractivity contribution is 5.94. The van der Waals surface area contributed by atoms with Crippen LogP contribution in [0.5, 0.6) is 0 Å². The molecule has 11 heavy (non-hydrogen) atoms. The Morgan fingerprint density at radius 1 is 1.73 bits per heavy atom. The molecule has 0 aliphatic heterocycles. The van der Waals surface area contributed by atoms with Crippen molar-refractivity contribution in [1.29, 1.82) is 5.26 Å². The smallest absolute Gasteiger partial charge is 0.348 e. The van der Waals surface area contributed by atoms with Crippen molar-refractivity contribution < 1.29 is 9.53 Å². The molecule has 0 saturated heterocycles. The molecule has 1 aliphatic carbocycles. The highest BCUT2D eigenvalue weighted by Gasteiger charge is 2.23. The van der Waals surface area contributed by atoms with Gasteiger partial charge < -0.3 is 4.74 Å². The van der Waals surface area contributed by atoms with Gasteiger partial charge >= 0.3 is 5.97 Å². The lowest BCUT2D eigenvalue weighted by atomic mass is 10.3. The number of nitriles is 1. The normalized spacial score (nSPS) is 13.6. The molecule has 3 nitrogen and oxygen atoms in total. The average molecular weight is 151 g/mol. The zero-order chi connectivity index (χ0) is 8.27. The minimum atomic E-state index is -0.470. The van der Waals surface area contributed by atoms with Crippen LogP contribution < -0.4 is 0 Å². The fourth-order valence-electron chi connectivity index (χ4n) is 0.785. The fourth-order valence-corrected chi connectivity index (χ4v) is 0.785. The Balaban J connectivity index is 2.65. The maximum absolute atomic E-state index is 11.0. The number of esters is 1. The summed E-state index contributed by atoms with van der Waals surface area (Å²) in [6.07, 6.45) is 1.75. The molecule has 0 spiro atoms. The van der Waals surface area contributed by atoms with Gasteiger partial charge in [-0.3, -0.25) is 0 Å². The standard InChI is InChI=1S/C8H9NO2/c1-2-11-8(10)7(5-9)6-3-4-6/h2-4H2,1H3. The quantitative estimate of drug-likeness (QED) is 0.338. The first-order valence-electron chi connectivity index (χ1n) is 3.58. The molecule has 3 heteroatoms. The lowest BCUT2D eigenvalue weighted by Crippen LogP contribution is -2.06. The van der Waals surface area contributed by atoms with Crippen molar-refractivity contribution in [2.45, 2.75) is 19.8 Å². The summed E-state index contributed by atoms with van der Waals surface area (Å²) in [5, 5.41) is 8.52. The lowest BCUT2D eigenvalue weighted by Gasteiger charge is -1.97. The zero-order valence-electron chi connectivity index (χ0n) is 6.39. The van der Waals surface area contributed by atoms with E-state index in [1.807, 2.05) is 6.07 Å². The van der Waals surface area contributed by atoms with Crippen molar-refractivity contribution in [3.8, 4) is 6.07 Å². The predicted molar refractivity (Wildman–Crippen MR) is 38.5 cm³/mol. The number of carbonyl (C=O) groups excluding carboxylic acids is 1. The molecule has 0 aromatic rings. The molecule has 1 saturated carbocycles. The van der Waals surface area contributed by atoms with Crippen LogP contribution in [0.1, 0.15) is 19.8 Å². The zero-order valence-corrected chi connectivity index (χ0v) is 6.39. The Hall–Kier alpha value is -1.30. The number of allylic oxidation sites excluding steroid dienone is 1. The molecule has 0 amide bonds. The summed E-state index contributed by atoms with van der Waals surface area (Å²) in [6.45, 7) is 2.06. The van der Waals surface area contributed by atoms with Crippen LogP contribution in [-0.2, 0) is 9.53 Å². The second kappa shape index (κ2) is 3.20. The highest BCUT2D eigenvalue weighted by Crippen LogP contribution is 2.31. The summed E-state index contributed by atoms with van der Waals surface area (Å²) in [5.74, 6) is -0.470. The van der Waals surface area contributed by atoms with Gasteiger partial charge in [-0.1, -0.05) is 0 Å². The van der Waals surface area contributed by atoms with E-state index in [0.29, 0.717) is 6.61 Å². The van der Waals surface area contributed by atoms with Crippen molar-refractivity contribution in [2.75, 3.05) is 6.61 Å². The third-order valence-corrected chi connectivity index (χ3v) is 1.44. The Morgan fingerprint density at radius 2 is 2.36 bits per heavy atom. The van der Waals surface area contributed by atoms with Gasteiger partial charge in [0.2, 0.25) is 0 Å². The highest BCUT2D eigenvalue weighted by atomic mass is 16.5. The van der Waals surface area contributed by atoms with E-state index < -0.39 is 5.97 Å². The van der Waals surface area contributed by atoms with Gasteiger partial charge in [-0.25, -0.2) is 4.79 Å². The summed E-state index contributed by atoms with van der Waals surface area (Å²) in [6, 6.07) is 1.85. The molecule has 0 N–H and O–H groups in total. The first-order chi connectivity index (χ1) is 5.29. The summed E-state index contributed by atoms with van der Waals surface area (Å²) >= 11 is 0. The maximum atomic E-state index is 11.0. The van der Waals surface area contributed by atoms with Crippen molar-refractivity contribution in [2.24, 2.45) is 0 Å². The average Bonchev–Trinajstić information content (AvgIpc) is 2.73. The minimum Gasteiger partial charge on any atom is -0.462 e. The maximum Gasteiger partial charge on any atom is 0.348 e. The molecule has 0 unspecified atom stereocenters. The van der Waals surface area contributed by atoms with Crippen LogP contribution in [0.4, 0.5) is 0 Å². The molecule has 0 radical (unpaired) electrons. The van der Waals surface area contributed by atoms with Crippen LogP contribution in [0.15, 0.2) is 11.1 Å². The second-order valence-corrected chi connectivity index (χ2v) is 2.31. The molecular weight excluding hydrogens is 142 g/mol. The predicted octanol–water partition coefficient (Wildman–Crippen LogP) is 1.16. The van der Waals surface area contributed by atoms with Crippen molar-refractivity contribution >= 4 is 5.97 Å². The number of nitrogens with zero attached hydrogens (tertiary/aromatic N) is 1. The molecule has 0 aromatic carbocycles. The first kappa shape index (κ1) is 7.80. The number of hydrogen-bond acceptors (Lipinski definition) is 3. The van der Waals surface area contributed by atoms with Crippen LogP contribution in [0.25, 0.3) is 0 Å². The molecule has 1 rings (SSSR count). The van der Waals surface area contributed by atoms with E-state index in [9.17, 15) is 4.79 Å². The van der Waals surface area contributed by atoms with E-state index in [1.54, 1.807) is 6.92 Å². The van der Waals surface area contributed by atoms with Crippen molar-refractivity contribution in [3.05, 3.63) is 11.1 Å². The monoisotopic (exact) mass is 151 g/mol. The molecule has 0 bridgehead atoms. The molecule has 0 aromatic heterocycles. The van der Waals surface area contributed by atoms with Gasteiger partial charge in [-0.2, -0.15) is 5.26 Å². The van der Waals surface area contributed by atoms with E-state index >= 15 is 0 Å². The molecule has 0 atom stereocenters. The van der Waals surface area contributed by atoms with Gasteiger partial charge in [-0.05, 0) is 25.3 Å². The van der Waals surface area contributed by atoms with Gasteiger partial charge in [0.15, 0.2) is 0 Å². The summed E-state index contributed by atoms with van der Waals surface area (Å²) in [4.78, 5) is 11.0. The van der Waals surface area contributed by atoms with E-state index in [-0.39, 0.29) is 5.57 Å². The van der Waals surface area contributed by atoms with Crippen molar-refractivity contribution in [1.82, 2.24) is 0 Å². The largest absolute Gasteiger partial charge is 0.462 e. The van der Waals surface area contributed by atoms with Gasteiger partial charge in [0.1, 0.15) is 11.6 Å². The third kappa shape index (κ3) is 1.81. The first-order valence-corrected chi connectivity index (χ1v) is 3.58. The Morgan fingerprint density at radius 3 is 2.73 bits per heavy atom. The molecule has 58 valence electrons. The Bertz CT molecular complexity index is 241. The summed E-state index contributed by atoms with van der Waals surface area (Å²) in [7, 11) is 0. The number of carbonyl (C=O) groups is 1. The Labute approximate surface area is 65.3 Å². The van der Waals surface area contributed by atoms with Crippen LogP contribution in [-0.4, -0.2) is 12.6 Å². The van der Waals surface area contributed by atoms with E-state index in [0.717, 1.165) is 18.4 Å². The van der Waals surface area contributed by atoms with Gasteiger partial charge in [0.05, 0.1) is 6.61 Å². The van der Waals surface area contributed by atoms with E-state index in [2.05, 4.69) is 4.74 Å². The molecule has 1 aliphatic rings. The van der Waals surface area contributed by atoms with Crippen LogP contribution in [0.2, 0.25) is 0 Å².